The predicted octanol–water partition coefficient (Wildman–Crippen LogP) is 2.87. The fourth-order valence-electron chi connectivity index (χ4n) is 3.49. The van der Waals surface area contributed by atoms with Crippen molar-refractivity contribution in [2.45, 2.75) is 57.7 Å². The molecule has 5 heteroatoms. The summed E-state index contributed by atoms with van der Waals surface area (Å²) in [5.74, 6) is -0.541. The molecule has 0 atom stereocenters. The van der Waals surface area contributed by atoms with Crippen molar-refractivity contribution < 1.29 is 13.9 Å². The second-order valence-corrected chi connectivity index (χ2v) is 7.32. The Labute approximate surface area is 131 Å². The van der Waals surface area contributed by atoms with Crippen LogP contribution in [0.2, 0.25) is 0 Å². The van der Waals surface area contributed by atoms with Crippen molar-refractivity contribution in [3.8, 4) is 5.75 Å². The molecule has 1 aliphatic rings. The molecule has 1 amide bonds. The summed E-state index contributed by atoms with van der Waals surface area (Å²) in [5, 5.41) is 6.52. The molecule has 1 aromatic rings. The van der Waals surface area contributed by atoms with Crippen LogP contribution in [0.4, 0.5) is 4.39 Å². The summed E-state index contributed by atoms with van der Waals surface area (Å²) in [7, 11) is 1.47. The summed E-state index contributed by atoms with van der Waals surface area (Å²) in [6.07, 6.45) is 1.61. The van der Waals surface area contributed by atoms with Crippen molar-refractivity contribution in [2.75, 3.05) is 7.11 Å². The van der Waals surface area contributed by atoms with E-state index in [1.165, 1.54) is 19.2 Å². The van der Waals surface area contributed by atoms with E-state index in [2.05, 4.69) is 38.3 Å². The molecule has 0 aliphatic carbocycles. The quantitative estimate of drug-likeness (QED) is 0.903. The van der Waals surface area contributed by atoms with Crippen molar-refractivity contribution in [3.63, 3.8) is 0 Å². The van der Waals surface area contributed by atoms with Crippen LogP contribution < -0.4 is 15.4 Å². The summed E-state index contributed by atoms with van der Waals surface area (Å²) < 4.78 is 18.9. The van der Waals surface area contributed by atoms with Gasteiger partial charge in [-0.1, -0.05) is 0 Å². The second-order valence-electron chi connectivity index (χ2n) is 7.32. The van der Waals surface area contributed by atoms with Crippen molar-refractivity contribution in [3.05, 3.63) is 29.6 Å². The molecule has 0 spiro atoms. The zero-order valence-electron chi connectivity index (χ0n) is 13.9. The van der Waals surface area contributed by atoms with Crippen LogP contribution in [0.15, 0.2) is 18.2 Å². The Morgan fingerprint density at radius 3 is 2.36 bits per heavy atom. The summed E-state index contributed by atoms with van der Waals surface area (Å²) >= 11 is 0. The van der Waals surface area contributed by atoms with Gasteiger partial charge < -0.3 is 15.4 Å². The van der Waals surface area contributed by atoms with Gasteiger partial charge in [0.25, 0.3) is 5.91 Å². The molecule has 122 valence electrons. The first-order valence-corrected chi connectivity index (χ1v) is 7.56. The van der Waals surface area contributed by atoms with Gasteiger partial charge in [0, 0.05) is 23.2 Å². The van der Waals surface area contributed by atoms with Crippen LogP contribution in [0, 0.1) is 5.82 Å². The fraction of sp³-hybridized carbons (Fsp3) is 0.588. The first-order valence-electron chi connectivity index (χ1n) is 7.56. The highest BCUT2D eigenvalue weighted by molar-refractivity contribution is 5.94. The van der Waals surface area contributed by atoms with Gasteiger partial charge in [0.1, 0.15) is 11.6 Å². The lowest BCUT2D eigenvalue weighted by atomic mass is 9.79. The van der Waals surface area contributed by atoms with Crippen LogP contribution in [-0.2, 0) is 0 Å². The molecule has 1 aliphatic heterocycles. The van der Waals surface area contributed by atoms with Gasteiger partial charge in [-0.15, -0.1) is 0 Å². The van der Waals surface area contributed by atoms with E-state index >= 15 is 0 Å². The second kappa shape index (κ2) is 5.88. The van der Waals surface area contributed by atoms with E-state index in [4.69, 9.17) is 4.74 Å². The third-order valence-electron chi connectivity index (χ3n) is 3.95. The SMILES string of the molecule is COc1ccc(C(=O)NC2CC(C)(C)NC(C)(C)C2)c(F)c1. The summed E-state index contributed by atoms with van der Waals surface area (Å²) in [6, 6.07) is 4.29. The van der Waals surface area contributed by atoms with Crippen LogP contribution >= 0.6 is 0 Å². The van der Waals surface area contributed by atoms with Crippen LogP contribution in [0.3, 0.4) is 0 Å². The maximum atomic E-state index is 14.0. The third-order valence-corrected chi connectivity index (χ3v) is 3.95. The Kier molecular flexibility index (Phi) is 4.47. The summed E-state index contributed by atoms with van der Waals surface area (Å²) in [5.41, 5.74) is -0.0917. The Balaban J connectivity index is 2.11. The van der Waals surface area contributed by atoms with E-state index in [9.17, 15) is 9.18 Å². The number of benzene rings is 1. The molecule has 4 nitrogen and oxygen atoms in total. The molecule has 1 heterocycles. The summed E-state index contributed by atoms with van der Waals surface area (Å²) in [4.78, 5) is 12.3. The largest absolute Gasteiger partial charge is 0.497 e. The average Bonchev–Trinajstić information content (AvgIpc) is 2.34. The smallest absolute Gasteiger partial charge is 0.254 e. The van der Waals surface area contributed by atoms with Crippen LogP contribution in [-0.4, -0.2) is 30.1 Å². The molecule has 2 rings (SSSR count). The predicted molar refractivity (Wildman–Crippen MR) is 84.7 cm³/mol. The van der Waals surface area contributed by atoms with Gasteiger partial charge in [-0.3, -0.25) is 4.79 Å². The first-order chi connectivity index (χ1) is 10.1. The fourth-order valence-corrected chi connectivity index (χ4v) is 3.49. The molecule has 0 saturated carbocycles. The van der Waals surface area contributed by atoms with Crippen molar-refractivity contribution in [1.29, 1.82) is 0 Å². The number of ether oxygens (including phenoxy) is 1. The zero-order chi connectivity index (χ0) is 16.5. The number of hydrogen-bond acceptors (Lipinski definition) is 3. The standard InChI is InChI=1S/C17H25FN2O2/c1-16(2)9-11(10-17(3,4)20-16)19-15(21)13-7-6-12(22-5)8-14(13)18/h6-8,11,20H,9-10H2,1-5H3,(H,19,21). The van der Waals surface area contributed by atoms with E-state index in [0.29, 0.717) is 5.75 Å². The number of halogens is 1. The number of hydrogen-bond donors (Lipinski definition) is 2. The van der Waals surface area contributed by atoms with Crippen LogP contribution in [0.25, 0.3) is 0 Å². The number of nitrogens with one attached hydrogen (secondary N) is 2. The maximum absolute atomic E-state index is 14.0. The third kappa shape index (κ3) is 3.97. The van der Waals surface area contributed by atoms with Gasteiger partial charge in [0.05, 0.1) is 12.7 Å². The Morgan fingerprint density at radius 1 is 1.27 bits per heavy atom. The van der Waals surface area contributed by atoms with Gasteiger partial charge in [-0.2, -0.15) is 0 Å². The molecular weight excluding hydrogens is 283 g/mol. The minimum atomic E-state index is -0.565. The number of amides is 1. The number of methoxy groups -OCH3 is 1. The number of rotatable bonds is 3. The maximum Gasteiger partial charge on any atom is 0.254 e. The average molecular weight is 308 g/mol. The molecule has 0 unspecified atom stereocenters. The molecule has 1 saturated heterocycles. The number of carbonyl (C=O) groups excluding carboxylic acids is 1. The monoisotopic (exact) mass is 308 g/mol. The normalized spacial score (nSPS) is 20.5. The Bertz CT molecular complexity index is 554. The number of carbonyl (C=O) groups is 1. The molecule has 1 aromatic carbocycles. The molecule has 0 radical (unpaired) electrons. The van der Waals surface area contributed by atoms with Crippen molar-refractivity contribution >= 4 is 5.91 Å². The number of piperidine rings is 1. The Morgan fingerprint density at radius 2 is 1.86 bits per heavy atom. The minimum Gasteiger partial charge on any atom is -0.497 e. The van der Waals surface area contributed by atoms with Crippen LogP contribution in [0.5, 0.6) is 5.75 Å². The van der Waals surface area contributed by atoms with Gasteiger partial charge >= 0.3 is 0 Å². The van der Waals surface area contributed by atoms with Gasteiger partial charge in [-0.25, -0.2) is 4.39 Å². The highest BCUT2D eigenvalue weighted by Gasteiger charge is 2.38. The summed E-state index contributed by atoms with van der Waals surface area (Å²) in [6.45, 7) is 8.45. The van der Waals surface area contributed by atoms with Gasteiger partial charge in [-0.05, 0) is 52.7 Å². The van der Waals surface area contributed by atoms with E-state index in [1.807, 2.05) is 0 Å². The van der Waals surface area contributed by atoms with Crippen molar-refractivity contribution in [1.82, 2.24) is 10.6 Å². The van der Waals surface area contributed by atoms with Gasteiger partial charge in [0.2, 0.25) is 0 Å². The minimum absolute atomic E-state index is 0.0141. The van der Waals surface area contributed by atoms with Crippen molar-refractivity contribution in [2.24, 2.45) is 0 Å². The van der Waals surface area contributed by atoms with E-state index in [1.54, 1.807) is 6.07 Å². The highest BCUT2D eigenvalue weighted by Crippen LogP contribution is 2.28. The lowest BCUT2D eigenvalue weighted by molar-refractivity contribution is 0.0869. The zero-order valence-corrected chi connectivity index (χ0v) is 13.9. The van der Waals surface area contributed by atoms with E-state index < -0.39 is 5.82 Å². The molecule has 0 bridgehead atoms. The Hall–Kier alpha value is -1.62. The topological polar surface area (TPSA) is 50.4 Å². The van der Waals surface area contributed by atoms with Crippen LogP contribution in [0.1, 0.15) is 50.9 Å². The van der Waals surface area contributed by atoms with E-state index in [0.717, 1.165) is 12.8 Å². The molecule has 22 heavy (non-hydrogen) atoms. The van der Waals surface area contributed by atoms with Gasteiger partial charge in [0.15, 0.2) is 0 Å². The molecular formula is C17H25FN2O2. The molecule has 2 N–H and O–H groups in total. The van der Waals surface area contributed by atoms with E-state index in [-0.39, 0.29) is 28.6 Å². The highest BCUT2D eigenvalue weighted by atomic mass is 19.1. The lowest BCUT2D eigenvalue weighted by Crippen LogP contribution is -2.62. The molecule has 1 fully saturated rings. The lowest BCUT2D eigenvalue weighted by Gasteiger charge is -2.46. The first kappa shape index (κ1) is 16.7. The molecule has 0 aromatic heterocycles.